The largest absolute Gasteiger partial charge is 0.327 e. The molecule has 2 N–H and O–H groups in total. The number of nitrogens with two attached hydrogens (primary N) is 1. The van der Waals surface area contributed by atoms with E-state index in [0.717, 1.165) is 0 Å². The van der Waals surface area contributed by atoms with Gasteiger partial charge in [-0.15, -0.1) is 0 Å². The van der Waals surface area contributed by atoms with Gasteiger partial charge in [-0.25, -0.2) is 0 Å². The molecule has 4 rings (SSSR count). The van der Waals surface area contributed by atoms with Crippen LogP contribution >= 0.6 is 0 Å². The highest BCUT2D eigenvalue weighted by Gasteiger charge is 2.58. The summed E-state index contributed by atoms with van der Waals surface area (Å²) in [5.74, 6) is 0. The lowest BCUT2D eigenvalue weighted by Gasteiger charge is -2.66. The van der Waals surface area contributed by atoms with Gasteiger partial charge in [-0.05, 0) is 6.42 Å². The van der Waals surface area contributed by atoms with Crippen molar-refractivity contribution < 1.29 is 0 Å². The van der Waals surface area contributed by atoms with E-state index in [2.05, 4.69) is 23.6 Å². The molecule has 0 aromatic carbocycles. The lowest BCUT2D eigenvalue weighted by molar-refractivity contribution is -0.174. The van der Waals surface area contributed by atoms with E-state index >= 15 is 0 Å². The summed E-state index contributed by atoms with van der Waals surface area (Å²) in [6, 6.07) is 0.410. The zero-order valence-corrected chi connectivity index (χ0v) is 9.29. The van der Waals surface area contributed by atoms with Crippen molar-refractivity contribution in [1.29, 1.82) is 0 Å². The minimum atomic E-state index is 0.352. The third kappa shape index (κ3) is 0.930. The summed E-state index contributed by atoms with van der Waals surface area (Å²) in [4.78, 5) is 5.19. The zero-order valence-electron chi connectivity index (χ0n) is 9.29. The Hall–Kier alpha value is -0.120. The van der Waals surface area contributed by atoms with E-state index in [1.165, 1.54) is 39.3 Å². The number of rotatable bonds is 1. The van der Waals surface area contributed by atoms with Gasteiger partial charge in [0.2, 0.25) is 0 Å². The molecule has 4 fully saturated rings. The second-order valence-electron chi connectivity index (χ2n) is 5.96. The highest BCUT2D eigenvalue weighted by atomic mass is 15.4. The van der Waals surface area contributed by atoms with Crippen molar-refractivity contribution in [3.8, 4) is 0 Å². The first kappa shape index (κ1) is 9.13. The van der Waals surface area contributed by atoms with Crippen molar-refractivity contribution in [2.75, 3.05) is 32.8 Å². The van der Waals surface area contributed by atoms with Crippen LogP contribution in [0.1, 0.15) is 20.3 Å². The smallest absolute Gasteiger partial charge is 0.0507 e. The molecule has 4 aliphatic heterocycles. The SMILES string of the molecule is CCC12CN3CN(CC(C)(C3)C1N)C2. The molecule has 4 aliphatic rings. The molecule has 3 heteroatoms. The van der Waals surface area contributed by atoms with Crippen LogP contribution < -0.4 is 5.73 Å². The van der Waals surface area contributed by atoms with E-state index in [4.69, 9.17) is 5.73 Å². The van der Waals surface area contributed by atoms with Crippen LogP contribution in [0, 0.1) is 10.8 Å². The number of hydrogen-bond donors (Lipinski definition) is 1. The first-order valence-electron chi connectivity index (χ1n) is 5.78. The molecular formula is C11H21N3. The fourth-order valence-corrected chi connectivity index (χ4v) is 4.18. The normalized spacial score (nSPS) is 60.6. The maximum absolute atomic E-state index is 6.49. The fraction of sp³-hybridized carbons (Fsp3) is 1.00. The molecule has 3 nitrogen and oxygen atoms in total. The topological polar surface area (TPSA) is 32.5 Å². The fourth-order valence-electron chi connectivity index (χ4n) is 4.18. The predicted octanol–water partition coefficient (Wildman–Crippen LogP) is 0.319. The Balaban J connectivity index is 2.02. The van der Waals surface area contributed by atoms with E-state index in [9.17, 15) is 0 Å². The van der Waals surface area contributed by atoms with E-state index in [-0.39, 0.29) is 0 Å². The van der Waals surface area contributed by atoms with Gasteiger partial charge in [-0.2, -0.15) is 0 Å². The molecule has 0 spiro atoms. The Labute approximate surface area is 86.2 Å². The van der Waals surface area contributed by atoms with Gasteiger partial charge in [0.25, 0.3) is 0 Å². The van der Waals surface area contributed by atoms with Crippen LogP contribution in [-0.2, 0) is 0 Å². The molecule has 0 aromatic heterocycles. The summed E-state index contributed by atoms with van der Waals surface area (Å²) in [6.45, 7) is 10.8. The molecule has 80 valence electrons. The van der Waals surface area contributed by atoms with Gasteiger partial charge in [-0.3, -0.25) is 9.80 Å². The number of piperidine rings is 2. The third-order valence-electron chi connectivity index (χ3n) is 4.76. The molecule has 0 aliphatic carbocycles. The average molecular weight is 195 g/mol. The molecule has 0 amide bonds. The molecule has 0 saturated carbocycles. The Morgan fingerprint density at radius 2 is 1.79 bits per heavy atom. The van der Waals surface area contributed by atoms with Crippen LogP contribution in [0.2, 0.25) is 0 Å². The summed E-state index contributed by atoms with van der Waals surface area (Å²) in [6.07, 6.45) is 1.23. The van der Waals surface area contributed by atoms with Crippen LogP contribution in [0.5, 0.6) is 0 Å². The quantitative estimate of drug-likeness (QED) is 0.654. The van der Waals surface area contributed by atoms with Crippen molar-refractivity contribution in [2.45, 2.75) is 26.3 Å². The molecule has 4 heterocycles. The van der Waals surface area contributed by atoms with Crippen LogP contribution in [0.15, 0.2) is 0 Å². The van der Waals surface area contributed by atoms with Crippen LogP contribution in [0.4, 0.5) is 0 Å². The predicted molar refractivity (Wildman–Crippen MR) is 56.8 cm³/mol. The summed E-state index contributed by atoms with van der Waals surface area (Å²) in [7, 11) is 0. The molecule has 3 atom stereocenters. The van der Waals surface area contributed by atoms with Crippen molar-refractivity contribution in [3.63, 3.8) is 0 Å². The Morgan fingerprint density at radius 1 is 1.21 bits per heavy atom. The van der Waals surface area contributed by atoms with E-state index in [0.29, 0.717) is 16.9 Å². The second kappa shape index (κ2) is 2.52. The minimum Gasteiger partial charge on any atom is -0.327 e. The summed E-state index contributed by atoms with van der Waals surface area (Å²) >= 11 is 0. The molecule has 4 saturated heterocycles. The third-order valence-corrected chi connectivity index (χ3v) is 4.76. The number of hydrogen-bond acceptors (Lipinski definition) is 3. The van der Waals surface area contributed by atoms with Crippen molar-refractivity contribution in [1.82, 2.24) is 9.80 Å². The summed E-state index contributed by atoms with van der Waals surface area (Å²) < 4.78 is 0. The maximum atomic E-state index is 6.49. The molecular weight excluding hydrogens is 174 g/mol. The lowest BCUT2D eigenvalue weighted by atomic mass is 9.58. The monoisotopic (exact) mass is 195 g/mol. The Bertz CT molecular complexity index is 249. The van der Waals surface area contributed by atoms with Crippen LogP contribution in [0.3, 0.4) is 0 Å². The molecule has 0 aromatic rings. The lowest BCUT2D eigenvalue weighted by Crippen LogP contribution is -2.78. The zero-order chi connectivity index (χ0) is 9.97. The standard InChI is InChI=1S/C11H21N3/c1-3-11-6-13-4-10(2,9(11)12)5-14(7-11)8-13/h9H,3-8,12H2,1-2H3. The number of nitrogens with zero attached hydrogens (tertiary/aromatic N) is 2. The van der Waals surface area contributed by atoms with E-state index < -0.39 is 0 Å². The van der Waals surface area contributed by atoms with Gasteiger partial charge >= 0.3 is 0 Å². The first-order valence-corrected chi connectivity index (χ1v) is 5.78. The second-order valence-corrected chi connectivity index (χ2v) is 5.96. The molecule has 4 bridgehead atoms. The van der Waals surface area contributed by atoms with Gasteiger partial charge in [0.15, 0.2) is 0 Å². The van der Waals surface area contributed by atoms with Crippen LogP contribution in [-0.4, -0.2) is 48.7 Å². The minimum absolute atomic E-state index is 0.352. The van der Waals surface area contributed by atoms with Gasteiger partial charge in [0, 0.05) is 43.1 Å². The van der Waals surface area contributed by atoms with Gasteiger partial charge in [-0.1, -0.05) is 13.8 Å². The molecule has 0 radical (unpaired) electrons. The average Bonchev–Trinajstić information content (AvgIpc) is 2.12. The van der Waals surface area contributed by atoms with Crippen molar-refractivity contribution in [2.24, 2.45) is 16.6 Å². The summed E-state index contributed by atoms with van der Waals surface area (Å²) in [5, 5.41) is 0. The Morgan fingerprint density at radius 3 is 2.29 bits per heavy atom. The summed E-state index contributed by atoms with van der Waals surface area (Å²) in [5.41, 5.74) is 7.24. The van der Waals surface area contributed by atoms with Crippen molar-refractivity contribution >= 4 is 0 Å². The van der Waals surface area contributed by atoms with Gasteiger partial charge in [0.1, 0.15) is 0 Å². The van der Waals surface area contributed by atoms with Gasteiger partial charge < -0.3 is 5.73 Å². The molecule has 3 unspecified atom stereocenters. The highest BCUT2D eigenvalue weighted by Crippen LogP contribution is 2.49. The van der Waals surface area contributed by atoms with Crippen molar-refractivity contribution in [3.05, 3.63) is 0 Å². The molecule has 14 heavy (non-hydrogen) atoms. The van der Waals surface area contributed by atoms with Crippen LogP contribution in [0.25, 0.3) is 0 Å². The Kier molecular flexibility index (Phi) is 1.64. The first-order chi connectivity index (χ1) is 6.58. The van der Waals surface area contributed by atoms with E-state index in [1.54, 1.807) is 0 Å². The highest BCUT2D eigenvalue weighted by molar-refractivity contribution is 5.13. The van der Waals surface area contributed by atoms with Gasteiger partial charge in [0.05, 0.1) is 6.67 Å². The maximum Gasteiger partial charge on any atom is 0.0507 e. The van der Waals surface area contributed by atoms with E-state index in [1.807, 2.05) is 0 Å².